The summed E-state index contributed by atoms with van der Waals surface area (Å²) in [6.45, 7) is 0. The first kappa shape index (κ1) is 29.6. The molecule has 4 heterocycles. The zero-order chi connectivity index (χ0) is 34.9. The lowest BCUT2D eigenvalue weighted by molar-refractivity contribution is 0.667. The van der Waals surface area contributed by atoms with Gasteiger partial charge in [0.1, 0.15) is 28.0 Å². The lowest BCUT2D eigenvalue weighted by Crippen LogP contribution is -2.29. The molecular weight excluding hydrogens is 649 g/mol. The Bertz CT molecular complexity index is 2960. The third-order valence-electron chi connectivity index (χ3n) is 10.7. The number of hydrogen-bond donors (Lipinski definition) is 0. The maximum absolute atomic E-state index is 6.35. The standard InChI is InChI=1S/C48H30N4O/c1-4-15-31(16-5-1)43-45-44(37-23-10-13-26-42(37)53-45)51-46(50-43)34-18-14-17-32(29-34)33-27-28-41-39(30-33)49-47-48(35-19-6-2-7-20-35,36-21-8-3-9-22-36)38-24-11-12-25-40(38)52(41)47/h1-30H. The number of hydrogen-bond acceptors (Lipinski definition) is 4. The number of imidazole rings is 1. The summed E-state index contributed by atoms with van der Waals surface area (Å²) in [4.78, 5) is 15.8. The van der Waals surface area contributed by atoms with Crippen LogP contribution in [0, 0.1) is 0 Å². The normalized spacial score (nSPS) is 13.1. The fraction of sp³-hybridized carbons (Fsp3) is 0.0208. The monoisotopic (exact) mass is 678 g/mol. The van der Waals surface area contributed by atoms with Gasteiger partial charge >= 0.3 is 0 Å². The summed E-state index contributed by atoms with van der Waals surface area (Å²) in [5.74, 6) is 1.65. The largest absolute Gasteiger partial charge is 0.452 e. The Morgan fingerprint density at radius 3 is 1.92 bits per heavy atom. The van der Waals surface area contributed by atoms with Gasteiger partial charge in [-0.1, -0.05) is 146 Å². The van der Waals surface area contributed by atoms with Gasteiger partial charge in [0.25, 0.3) is 0 Å². The molecule has 0 unspecified atom stereocenters. The molecule has 0 aliphatic carbocycles. The van der Waals surface area contributed by atoms with E-state index >= 15 is 0 Å². The number of para-hydroxylation sites is 2. The van der Waals surface area contributed by atoms with Crippen molar-refractivity contribution < 1.29 is 4.42 Å². The summed E-state index contributed by atoms with van der Waals surface area (Å²) in [6, 6.07) is 63.6. The van der Waals surface area contributed by atoms with E-state index in [2.05, 4.69) is 150 Å². The Morgan fingerprint density at radius 2 is 1.13 bits per heavy atom. The van der Waals surface area contributed by atoms with Crippen LogP contribution in [0.1, 0.15) is 22.5 Å². The second kappa shape index (κ2) is 11.5. The van der Waals surface area contributed by atoms with Gasteiger partial charge in [0, 0.05) is 16.5 Å². The maximum atomic E-state index is 6.35. The summed E-state index contributed by atoms with van der Waals surface area (Å²) < 4.78 is 8.70. The van der Waals surface area contributed by atoms with Crippen LogP contribution >= 0.6 is 0 Å². The second-order valence-corrected chi connectivity index (χ2v) is 13.6. The summed E-state index contributed by atoms with van der Waals surface area (Å²) in [5.41, 5.74) is 13.4. The van der Waals surface area contributed by atoms with Gasteiger partial charge in [-0.15, -0.1) is 0 Å². The predicted octanol–water partition coefficient (Wildman–Crippen LogP) is 11.4. The van der Waals surface area contributed by atoms with Crippen LogP contribution in [0.3, 0.4) is 0 Å². The van der Waals surface area contributed by atoms with E-state index in [0.29, 0.717) is 11.4 Å². The van der Waals surface area contributed by atoms with Crippen LogP contribution in [0.4, 0.5) is 0 Å². The highest BCUT2D eigenvalue weighted by atomic mass is 16.3. The van der Waals surface area contributed by atoms with Crippen molar-refractivity contribution in [2.75, 3.05) is 0 Å². The molecule has 1 aliphatic heterocycles. The Balaban J connectivity index is 1.08. The number of rotatable bonds is 5. The first-order valence-electron chi connectivity index (χ1n) is 17.9. The highest BCUT2D eigenvalue weighted by Crippen LogP contribution is 2.52. The molecule has 7 aromatic carbocycles. The minimum atomic E-state index is -0.568. The quantitative estimate of drug-likeness (QED) is 0.182. The zero-order valence-corrected chi connectivity index (χ0v) is 28.5. The van der Waals surface area contributed by atoms with Crippen molar-refractivity contribution in [2.24, 2.45) is 0 Å². The minimum Gasteiger partial charge on any atom is -0.452 e. The first-order chi connectivity index (χ1) is 26.3. The van der Waals surface area contributed by atoms with E-state index < -0.39 is 5.41 Å². The zero-order valence-electron chi connectivity index (χ0n) is 28.5. The molecule has 5 nitrogen and oxygen atoms in total. The fourth-order valence-corrected chi connectivity index (χ4v) is 8.32. The van der Waals surface area contributed by atoms with Crippen LogP contribution in [0.5, 0.6) is 0 Å². The van der Waals surface area contributed by atoms with E-state index in [1.54, 1.807) is 0 Å². The van der Waals surface area contributed by atoms with E-state index in [4.69, 9.17) is 19.4 Å². The van der Waals surface area contributed by atoms with E-state index in [-0.39, 0.29) is 0 Å². The van der Waals surface area contributed by atoms with Gasteiger partial charge in [-0.25, -0.2) is 15.0 Å². The van der Waals surface area contributed by atoms with Crippen molar-refractivity contribution >= 4 is 33.1 Å². The average molecular weight is 679 g/mol. The number of nitrogens with zero attached hydrogens (tertiary/aromatic N) is 4. The molecule has 0 saturated carbocycles. The van der Waals surface area contributed by atoms with E-state index in [1.165, 1.54) is 16.7 Å². The summed E-state index contributed by atoms with van der Waals surface area (Å²) >= 11 is 0. The SMILES string of the molecule is c1ccc(-c2nc(-c3cccc(-c4ccc5c(c4)nc4n5-c5ccccc5C4(c4ccccc4)c4ccccc4)c3)nc3c2oc2ccccc23)cc1. The van der Waals surface area contributed by atoms with Gasteiger partial charge in [0.2, 0.25) is 0 Å². The summed E-state index contributed by atoms with van der Waals surface area (Å²) in [6.07, 6.45) is 0. The van der Waals surface area contributed by atoms with Gasteiger partial charge in [-0.05, 0) is 64.2 Å². The van der Waals surface area contributed by atoms with Gasteiger partial charge < -0.3 is 4.42 Å². The van der Waals surface area contributed by atoms with Crippen LogP contribution in [-0.2, 0) is 5.41 Å². The molecule has 0 atom stereocenters. The number of benzene rings is 7. The van der Waals surface area contributed by atoms with E-state index in [9.17, 15) is 0 Å². The molecular formula is C48H30N4O. The lowest BCUT2D eigenvalue weighted by atomic mass is 9.70. The highest BCUT2D eigenvalue weighted by molar-refractivity contribution is 6.07. The van der Waals surface area contributed by atoms with Gasteiger partial charge in [0.15, 0.2) is 11.4 Å². The molecule has 53 heavy (non-hydrogen) atoms. The molecule has 0 amide bonds. The number of furan rings is 1. The Morgan fingerprint density at radius 1 is 0.491 bits per heavy atom. The summed E-state index contributed by atoms with van der Waals surface area (Å²) in [7, 11) is 0. The highest BCUT2D eigenvalue weighted by Gasteiger charge is 2.48. The van der Waals surface area contributed by atoms with Crippen molar-refractivity contribution in [3.63, 3.8) is 0 Å². The topological polar surface area (TPSA) is 56.7 Å². The van der Waals surface area contributed by atoms with Gasteiger partial charge in [-0.2, -0.15) is 0 Å². The molecule has 0 radical (unpaired) electrons. The van der Waals surface area contributed by atoms with Crippen LogP contribution in [0.15, 0.2) is 186 Å². The smallest absolute Gasteiger partial charge is 0.180 e. The predicted molar refractivity (Wildman–Crippen MR) is 212 cm³/mol. The Hall–Kier alpha value is -7.11. The molecule has 11 rings (SSSR count). The average Bonchev–Trinajstić information content (AvgIpc) is 3.89. The summed E-state index contributed by atoms with van der Waals surface area (Å²) in [5, 5.41) is 0.974. The van der Waals surface area contributed by atoms with Crippen LogP contribution in [0.25, 0.3) is 72.6 Å². The van der Waals surface area contributed by atoms with Crippen molar-refractivity contribution in [1.29, 1.82) is 0 Å². The molecule has 0 saturated heterocycles. The van der Waals surface area contributed by atoms with E-state index in [0.717, 1.165) is 67.0 Å². The maximum Gasteiger partial charge on any atom is 0.180 e. The molecule has 10 aromatic rings. The molecule has 0 spiro atoms. The van der Waals surface area contributed by atoms with Crippen LogP contribution < -0.4 is 0 Å². The molecule has 5 heteroatoms. The minimum absolute atomic E-state index is 0.568. The molecule has 248 valence electrons. The molecule has 0 bridgehead atoms. The molecule has 0 fully saturated rings. The Labute approximate surface area is 305 Å². The van der Waals surface area contributed by atoms with Crippen LogP contribution in [0.2, 0.25) is 0 Å². The second-order valence-electron chi connectivity index (χ2n) is 13.6. The van der Waals surface area contributed by atoms with Crippen molar-refractivity contribution in [3.05, 3.63) is 205 Å². The first-order valence-corrected chi connectivity index (χ1v) is 17.9. The Kier molecular flexibility index (Phi) is 6.40. The van der Waals surface area contributed by atoms with Crippen molar-refractivity contribution in [1.82, 2.24) is 19.5 Å². The third kappa shape index (κ3) is 4.34. The van der Waals surface area contributed by atoms with Crippen molar-refractivity contribution in [2.45, 2.75) is 5.41 Å². The lowest BCUT2D eigenvalue weighted by Gasteiger charge is -2.30. The molecule has 1 aliphatic rings. The van der Waals surface area contributed by atoms with Crippen molar-refractivity contribution in [3.8, 4) is 39.5 Å². The van der Waals surface area contributed by atoms with Gasteiger partial charge in [-0.3, -0.25) is 4.57 Å². The van der Waals surface area contributed by atoms with E-state index in [1.807, 2.05) is 36.4 Å². The number of fused-ring (bicyclic) bond motifs is 8. The third-order valence-corrected chi connectivity index (χ3v) is 10.7. The van der Waals surface area contributed by atoms with Gasteiger partial charge in [0.05, 0.1) is 16.7 Å². The van der Waals surface area contributed by atoms with Crippen LogP contribution in [-0.4, -0.2) is 19.5 Å². The molecule has 0 N–H and O–H groups in total. The molecule has 3 aromatic heterocycles. The fourth-order valence-electron chi connectivity index (χ4n) is 8.32. The number of aromatic nitrogens is 4.